The van der Waals surface area contributed by atoms with Gasteiger partial charge in [-0.15, -0.1) is 5.10 Å². The molecule has 9 heteroatoms. The smallest absolute Gasteiger partial charge is 0.346 e. The average molecular weight is 425 g/mol. The standard InChI is InChI=1S/C22H28N6O3/c1-4-27-19(23-28(22(27)30)14-16-8-6-5-7-9-16)17-10-12-26(13-11-17)21(29)18-15-25(2)24-20(18)31-3/h5-9,15,17H,4,10-14H2,1-3H3. The first-order valence-corrected chi connectivity index (χ1v) is 10.6. The number of methoxy groups -OCH3 is 1. The lowest BCUT2D eigenvalue weighted by Crippen LogP contribution is -2.38. The van der Waals surface area contributed by atoms with E-state index in [1.807, 2.05) is 42.2 Å². The molecule has 4 rings (SSSR count). The summed E-state index contributed by atoms with van der Waals surface area (Å²) in [6.07, 6.45) is 3.21. The molecular formula is C22H28N6O3. The molecule has 1 aromatic carbocycles. The Kier molecular flexibility index (Phi) is 5.92. The Balaban J connectivity index is 1.49. The van der Waals surface area contributed by atoms with Crippen molar-refractivity contribution < 1.29 is 9.53 Å². The fourth-order valence-corrected chi connectivity index (χ4v) is 4.19. The summed E-state index contributed by atoms with van der Waals surface area (Å²) in [6.45, 7) is 4.20. The van der Waals surface area contributed by atoms with Gasteiger partial charge in [0.25, 0.3) is 5.91 Å². The monoisotopic (exact) mass is 424 g/mol. The highest BCUT2D eigenvalue weighted by Gasteiger charge is 2.30. The van der Waals surface area contributed by atoms with Crippen LogP contribution in [0, 0.1) is 0 Å². The van der Waals surface area contributed by atoms with E-state index < -0.39 is 0 Å². The molecule has 1 fully saturated rings. The maximum atomic E-state index is 12.9. The predicted octanol–water partition coefficient (Wildman–Crippen LogP) is 1.87. The van der Waals surface area contributed by atoms with Crippen LogP contribution in [0.4, 0.5) is 0 Å². The molecule has 2 aromatic heterocycles. The lowest BCUT2D eigenvalue weighted by molar-refractivity contribution is 0.0706. The number of carbonyl (C=O) groups is 1. The Morgan fingerprint density at radius 3 is 2.52 bits per heavy atom. The zero-order valence-corrected chi connectivity index (χ0v) is 18.2. The molecule has 0 unspecified atom stereocenters. The predicted molar refractivity (Wildman–Crippen MR) is 115 cm³/mol. The lowest BCUT2D eigenvalue weighted by Gasteiger charge is -2.31. The van der Waals surface area contributed by atoms with Gasteiger partial charge in [0, 0.05) is 38.8 Å². The molecule has 1 amide bonds. The van der Waals surface area contributed by atoms with Gasteiger partial charge < -0.3 is 9.64 Å². The summed E-state index contributed by atoms with van der Waals surface area (Å²) in [5.74, 6) is 1.22. The molecule has 3 aromatic rings. The van der Waals surface area contributed by atoms with Gasteiger partial charge in [0.15, 0.2) is 0 Å². The van der Waals surface area contributed by atoms with Gasteiger partial charge >= 0.3 is 5.69 Å². The van der Waals surface area contributed by atoms with Gasteiger partial charge in [-0.05, 0) is 25.3 Å². The highest BCUT2D eigenvalue weighted by atomic mass is 16.5. The first-order chi connectivity index (χ1) is 15.0. The number of likely N-dealkylation sites (tertiary alicyclic amines) is 1. The van der Waals surface area contributed by atoms with Gasteiger partial charge in [-0.2, -0.15) is 5.10 Å². The largest absolute Gasteiger partial charge is 0.479 e. The van der Waals surface area contributed by atoms with Crippen LogP contribution in [-0.2, 0) is 20.1 Å². The zero-order valence-electron chi connectivity index (χ0n) is 18.2. The molecule has 31 heavy (non-hydrogen) atoms. The summed E-state index contributed by atoms with van der Waals surface area (Å²) in [7, 11) is 3.28. The topological polar surface area (TPSA) is 87.2 Å². The third kappa shape index (κ3) is 4.12. The number of hydrogen-bond acceptors (Lipinski definition) is 5. The molecule has 0 saturated carbocycles. The second-order valence-corrected chi connectivity index (χ2v) is 7.82. The lowest BCUT2D eigenvalue weighted by atomic mass is 9.95. The Morgan fingerprint density at radius 1 is 1.16 bits per heavy atom. The van der Waals surface area contributed by atoms with Crippen molar-refractivity contribution in [1.29, 1.82) is 0 Å². The number of carbonyl (C=O) groups excluding carboxylic acids is 1. The van der Waals surface area contributed by atoms with E-state index in [1.165, 1.54) is 7.11 Å². The molecule has 0 bridgehead atoms. The molecular weight excluding hydrogens is 396 g/mol. The van der Waals surface area contributed by atoms with Crippen molar-refractivity contribution in [2.75, 3.05) is 20.2 Å². The maximum Gasteiger partial charge on any atom is 0.346 e. The fourth-order valence-electron chi connectivity index (χ4n) is 4.19. The van der Waals surface area contributed by atoms with Gasteiger partial charge in [0.05, 0.1) is 13.7 Å². The molecule has 3 heterocycles. The number of ether oxygens (including phenoxy) is 1. The second kappa shape index (κ2) is 8.79. The summed E-state index contributed by atoms with van der Waals surface area (Å²) in [5.41, 5.74) is 1.43. The van der Waals surface area contributed by atoms with E-state index in [-0.39, 0.29) is 17.5 Å². The van der Waals surface area contributed by atoms with E-state index in [9.17, 15) is 9.59 Å². The van der Waals surface area contributed by atoms with Gasteiger partial charge in [-0.1, -0.05) is 30.3 Å². The van der Waals surface area contributed by atoms with Crippen LogP contribution in [0.25, 0.3) is 0 Å². The van der Waals surface area contributed by atoms with E-state index in [0.29, 0.717) is 37.6 Å². The highest BCUT2D eigenvalue weighted by molar-refractivity contribution is 5.96. The third-order valence-corrected chi connectivity index (χ3v) is 5.81. The maximum absolute atomic E-state index is 12.9. The van der Waals surface area contributed by atoms with E-state index >= 15 is 0 Å². The Hall–Kier alpha value is -3.36. The SMILES string of the molecule is CCn1c(C2CCN(C(=O)c3cn(C)nc3OC)CC2)nn(Cc2ccccc2)c1=O. The molecule has 1 aliphatic rings. The van der Waals surface area contributed by atoms with Crippen LogP contribution in [0.15, 0.2) is 41.3 Å². The number of benzene rings is 1. The number of nitrogens with zero attached hydrogens (tertiary/aromatic N) is 6. The van der Waals surface area contributed by atoms with Gasteiger partial charge in [0.2, 0.25) is 5.88 Å². The van der Waals surface area contributed by atoms with E-state index in [0.717, 1.165) is 24.2 Å². The van der Waals surface area contributed by atoms with Crippen molar-refractivity contribution in [1.82, 2.24) is 29.0 Å². The summed E-state index contributed by atoms with van der Waals surface area (Å²) < 4.78 is 10.1. The second-order valence-electron chi connectivity index (χ2n) is 7.82. The number of aromatic nitrogens is 5. The van der Waals surface area contributed by atoms with Crippen LogP contribution in [0.2, 0.25) is 0 Å². The summed E-state index contributed by atoms with van der Waals surface area (Å²) >= 11 is 0. The molecule has 0 aliphatic carbocycles. The minimum absolute atomic E-state index is 0.0779. The first-order valence-electron chi connectivity index (χ1n) is 10.6. The zero-order chi connectivity index (χ0) is 22.0. The van der Waals surface area contributed by atoms with Crippen LogP contribution in [0.3, 0.4) is 0 Å². The van der Waals surface area contributed by atoms with Gasteiger partial charge in [-0.25, -0.2) is 9.48 Å². The Labute approximate surface area is 180 Å². The number of hydrogen-bond donors (Lipinski definition) is 0. The first kappa shape index (κ1) is 20.9. The third-order valence-electron chi connectivity index (χ3n) is 5.81. The summed E-state index contributed by atoms with van der Waals surface area (Å²) in [5, 5.41) is 8.86. The number of rotatable bonds is 6. The van der Waals surface area contributed by atoms with Crippen LogP contribution in [-0.4, -0.2) is 55.1 Å². The van der Waals surface area contributed by atoms with Crippen molar-refractivity contribution in [2.24, 2.45) is 7.05 Å². The minimum atomic E-state index is -0.0834. The van der Waals surface area contributed by atoms with Crippen LogP contribution < -0.4 is 10.4 Å². The number of amides is 1. The molecule has 164 valence electrons. The fraction of sp³-hybridized carbons (Fsp3) is 0.455. The van der Waals surface area contributed by atoms with Crippen LogP contribution >= 0.6 is 0 Å². The van der Waals surface area contributed by atoms with Gasteiger partial charge in [-0.3, -0.25) is 14.0 Å². The molecule has 0 spiro atoms. The van der Waals surface area contributed by atoms with E-state index in [1.54, 1.807) is 27.2 Å². The van der Waals surface area contributed by atoms with Gasteiger partial charge in [0.1, 0.15) is 11.4 Å². The summed E-state index contributed by atoms with van der Waals surface area (Å²) in [6, 6.07) is 9.87. The molecule has 1 saturated heterocycles. The van der Waals surface area contributed by atoms with Crippen molar-refractivity contribution in [3.8, 4) is 5.88 Å². The summed E-state index contributed by atoms with van der Waals surface area (Å²) in [4.78, 5) is 27.6. The Bertz CT molecular complexity index is 1110. The van der Waals surface area contributed by atoms with Crippen LogP contribution in [0.1, 0.15) is 47.4 Å². The molecule has 0 atom stereocenters. The van der Waals surface area contributed by atoms with Crippen LogP contribution in [0.5, 0.6) is 5.88 Å². The average Bonchev–Trinajstić information content (AvgIpc) is 3.33. The van der Waals surface area contributed by atoms with Crippen molar-refractivity contribution in [3.05, 3.63) is 64.0 Å². The van der Waals surface area contributed by atoms with Crippen molar-refractivity contribution >= 4 is 5.91 Å². The minimum Gasteiger partial charge on any atom is -0.479 e. The molecule has 0 N–H and O–H groups in total. The van der Waals surface area contributed by atoms with E-state index in [4.69, 9.17) is 4.74 Å². The Morgan fingerprint density at radius 2 is 1.87 bits per heavy atom. The highest BCUT2D eigenvalue weighted by Crippen LogP contribution is 2.28. The number of piperidine rings is 1. The number of aryl methyl sites for hydroxylation is 1. The van der Waals surface area contributed by atoms with Crippen molar-refractivity contribution in [3.63, 3.8) is 0 Å². The van der Waals surface area contributed by atoms with E-state index in [2.05, 4.69) is 10.2 Å². The molecule has 9 nitrogen and oxygen atoms in total. The molecule has 1 aliphatic heterocycles. The quantitative estimate of drug-likeness (QED) is 0.603. The normalized spacial score (nSPS) is 14.7. The van der Waals surface area contributed by atoms with Crippen molar-refractivity contribution in [2.45, 2.75) is 38.8 Å². The molecule has 0 radical (unpaired) electrons.